The van der Waals surface area contributed by atoms with Gasteiger partial charge < -0.3 is 24.6 Å². The summed E-state index contributed by atoms with van der Waals surface area (Å²) in [5, 5.41) is 18.4. The second-order valence-corrected chi connectivity index (χ2v) is 13.3. The molecule has 256 valence electrons. The van der Waals surface area contributed by atoms with Gasteiger partial charge in [0.25, 0.3) is 5.91 Å². The number of fused-ring (bicyclic) bond motifs is 2. The summed E-state index contributed by atoms with van der Waals surface area (Å²) in [5.41, 5.74) is 1.76. The van der Waals surface area contributed by atoms with E-state index in [0.717, 1.165) is 44.9 Å². The number of aliphatic hydroxyl groups is 1. The van der Waals surface area contributed by atoms with Crippen molar-refractivity contribution in [2.45, 2.75) is 84.3 Å². The van der Waals surface area contributed by atoms with Crippen LogP contribution in [0.3, 0.4) is 0 Å². The highest BCUT2D eigenvalue weighted by Gasteiger charge is 2.34. The Labute approximate surface area is 283 Å². The van der Waals surface area contributed by atoms with E-state index < -0.39 is 42.3 Å². The van der Waals surface area contributed by atoms with Crippen LogP contribution in [0.4, 0.5) is 0 Å². The quantitative estimate of drug-likeness (QED) is 0.0670. The summed E-state index contributed by atoms with van der Waals surface area (Å²) in [6, 6.07) is 29.5. The maximum absolute atomic E-state index is 13.1. The first-order chi connectivity index (χ1) is 23.1. The SMILES string of the molecule is CC(C)(C)C(=O)OCOC(=O)C(O)C(OCCCCCc1ccc2ccccc2c1)C(=O)NCCCCCc1ccc2ccccc2c1. The lowest BCUT2D eigenvalue weighted by atomic mass is 9.98. The van der Waals surface area contributed by atoms with E-state index in [1.807, 2.05) is 24.3 Å². The molecular weight excluding hydrogens is 606 g/mol. The number of hydrogen-bond acceptors (Lipinski definition) is 7. The summed E-state index contributed by atoms with van der Waals surface area (Å²) >= 11 is 0. The predicted octanol–water partition coefficient (Wildman–Crippen LogP) is 7.07. The second kappa shape index (κ2) is 18.3. The Bertz CT molecular complexity index is 1640. The average molecular weight is 656 g/mol. The molecule has 0 saturated heterocycles. The van der Waals surface area contributed by atoms with Crippen LogP contribution in [0, 0.1) is 5.41 Å². The first-order valence-corrected chi connectivity index (χ1v) is 17.0. The molecule has 0 bridgehead atoms. The van der Waals surface area contributed by atoms with Crippen LogP contribution in [-0.2, 0) is 41.4 Å². The van der Waals surface area contributed by atoms with Crippen LogP contribution < -0.4 is 5.32 Å². The van der Waals surface area contributed by atoms with Crippen molar-refractivity contribution in [2.75, 3.05) is 19.9 Å². The lowest BCUT2D eigenvalue weighted by Crippen LogP contribution is -2.48. The summed E-state index contributed by atoms with van der Waals surface area (Å²) in [5.74, 6) is -2.24. The highest BCUT2D eigenvalue weighted by molar-refractivity contribution is 5.88. The summed E-state index contributed by atoms with van der Waals surface area (Å²) in [6.07, 6.45) is 3.57. The first kappa shape index (κ1) is 36.6. The summed E-state index contributed by atoms with van der Waals surface area (Å²) in [7, 11) is 0. The Balaban J connectivity index is 1.21. The van der Waals surface area contributed by atoms with Gasteiger partial charge in [-0.25, -0.2) is 4.79 Å². The smallest absolute Gasteiger partial charge is 0.341 e. The number of carbonyl (C=O) groups excluding carboxylic acids is 3. The first-order valence-electron chi connectivity index (χ1n) is 17.0. The number of carbonyl (C=O) groups is 3. The van der Waals surface area contributed by atoms with Gasteiger partial charge in [-0.1, -0.05) is 97.8 Å². The number of unbranched alkanes of at least 4 members (excludes halogenated alkanes) is 4. The molecule has 0 fully saturated rings. The number of rotatable bonds is 18. The van der Waals surface area contributed by atoms with Gasteiger partial charge in [0.15, 0.2) is 12.2 Å². The normalized spacial score (nSPS) is 12.8. The molecule has 4 aromatic carbocycles. The molecule has 0 radical (unpaired) electrons. The number of aliphatic hydroxyl groups excluding tert-OH is 1. The average Bonchev–Trinajstić information content (AvgIpc) is 3.08. The molecule has 0 saturated carbocycles. The van der Waals surface area contributed by atoms with Crippen molar-refractivity contribution in [1.29, 1.82) is 0 Å². The van der Waals surface area contributed by atoms with Crippen molar-refractivity contribution < 1.29 is 33.7 Å². The monoisotopic (exact) mass is 655 g/mol. The van der Waals surface area contributed by atoms with Crippen molar-refractivity contribution >= 4 is 39.4 Å². The number of amides is 1. The largest absolute Gasteiger partial charge is 0.427 e. The molecule has 4 rings (SSSR count). The van der Waals surface area contributed by atoms with E-state index in [-0.39, 0.29) is 6.61 Å². The molecule has 0 aliphatic carbocycles. The minimum absolute atomic E-state index is 0.185. The lowest BCUT2D eigenvalue weighted by molar-refractivity contribution is -0.184. The minimum Gasteiger partial charge on any atom is -0.427 e. The fraction of sp³-hybridized carbons (Fsp3) is 0.425. The third-order valence-corrected chi connectivity index (χ3v) is 8.27. The van der Waals surface area contributed by atoms with E-state index >= 15 is 0 Å². The van der Waals surface area contributed by atoms with Gasteiger partial charge in [0.2, 0.25) is 6.79 Å². The van der Waals surface area contributed by atoms with Gasteiger partial charge in [-0.3, -0.25) is 9.59 Å². The standard InChI is InChI=1S/C40H49NO7/c1-40(2,3)39(45)48-28-47-38(44)35(42)36(46-25-13-5-7-15-30-21-23-32-17-9-11-19-34(32)27-30)37(43)41-24-12-4-6-14-29-20-22-31-16-8-10-18-33(31)26-29/h8-11,16-23,26-27,35-36,42H,4-7,12-15,24-25,28H2,1-3H3,(H,41,43). The van der Waals surface area contributed by atoms with Crippen LogP contribution in [0.15, 0.2) is 84.9 Å². The zero-order valence-corrected chi connectivity index (χ0v) is 28.4. The van der Waals surface area contributed by atoms with Crippen molar-refractivity contribution in [3.05, 3.63) is 96.1 Å². The number of aryl methyl sites for hydroxylation is 2. The highest BCUT2D eigenvalue weighted by atomic mass is 16.7. The van der Waals surface area contributed by atoms with Crippen LogP contribution in [-0.4, -0.2) is 55.1 Å². The maximum Gasteiger partial charge on any atom is 0.341 e. The Kier molecular flexibility index (Phi) is 14.0. The Morgan fingerprint density at radius 1 is 0.688 bits per heavy atom. The minimum atomic E-state index is -1.87. The van der Waals surface area contributed by atoms with Crippen molar-refractivity contribution in [2.24, 2.45) is 5.41 Å². The van der Waals surface area contributed by atoms with Crippen molar-refractivity contribution in [3.8, 4) is 0 Å². The fourth-order valence-electron chi connectivity index (χ4n) is 5.43. The van der Waals surface area contributed by atoms with Crippen molar-refractivity contribution in [1.82, 2.24) is 5.32 Å². The molecule has 0 aliphatic heterocycles. The molecule has 4 aromatic rings. The molecule has 48 heavy (non-hydrogen) atoms. The van der Waals surface area contributed by atoms with E-state index in [4.69, 9.17) is 14.2 Å². The number of nitrogens with one attached hydrogen (secondary N) is 1. The molecular formula is C40H49NO7. The third kappa shape index (κ3) is 11.5. The topological polar surface area (TPSA) is 111 Å². The van der Waals surface area contributed by atoms with E-state index in [1.165, 1.54) is 32.7 Å². The van der Waals surface area contributed by atoms with Gasteiger partial charge in [-0.2, -0.15) is 0 Å². The Hall–Kier alpha value is -4.27. The van der Waals surface area contributed by atoms with Crippen LogP contribution in [0.25, 0.3) is 21.5 Å². The molecule has 1 amide bonds. The predicted molar refractivity (Wildman–Crippen MR) is 188 cm³/mol. The van der Waals surface area contributed by atoms with E-state index in [0.29, 0.717) is 13.0 Å². The van der Waals surface area contributed by atoms with Crippen LogP contribution in [0.5, 0.6) is 0 Å². The molecule has 2 N–H and O–H groups in total. The van der Waals surface area contributed by atoms with E-state index in [2.05, 4.69) is 66.0 Å². The molecule has 0 heterocycles. The van der Waals surface area contributed by atoms with E-state index in [1.54, 1.807) is 20.8 Å². The number of benzene rings is 4. The molecule has 2 atom stereocenters. The number of hydrogen-bond donors (Lipinski definition) is 2. The zero-order chi connectivity index (χ0) is 34.4. The molecule has 0 spiro atoms. The Morgan fingerprint density at radius 3 is 1.79 bits per heavy atom. The van der Waals surface area contributed by atoms with E-state index in [9.17, 15) is 19.5 Å². The highest BCUT2D eigenvalue weighted by Crippen LogP contribution is 2.19. The summed E-state index contributed by atoms with van der Waals surface area (Å²) in [4.78, 5) is 37.7. The molecule has 8 nitrogen and oxygen atoms in total. The molecule has 2 unspecified atom stereocenters. The molecule has 0 aromatic heterocycles. The number of ether oxygens (including phenoxy) is 3. The van der Waals surface area contributed by atoms with Gasteiger partial charge in [0.1, 0.15) is 0 Å². The van der Waals surface area contributed by atoms with Crippen LogP contribution >= 0.6 is 0 Å². The van der Waals surface area contributed by atoms with Gasteiger partial charge in [0, 0.05) is 13.2 Å². The Morgan fingerprint density at radius 2 is 1.23 bits per heavy atom. The summed E-state index contributed by atoms with van der Waals surface area (Å²) in [6.45, 7) is 4.92. The van der Waals surface area contributed by atoms with Crippen LogP contribution in [0.2, 0.25) is 0 Å². The van der Waals surface area contributed by atoms with Gasteiger partial charge in [0.05, 0.1) is 5.41 Å². The fourth-order valence-corrected chi connectivity index (χ4v) is 5.43. The maximum atomic E-state index is 13.1. The molecule has 8 heteroatoms. The lowest BCUT2D eigenvalue weighted by Gasteiger charge is -2.22. The van der Waals surface area contributed by atoms with Crippen LogP contribution in [0.1, 0.15) is 70.4 Å². The summed E-state index contributed by atoms with van der Waals surface area (Å²) < 4.78 is 15.7. The van der Waals surface area contributed by atoms with Crippen molar-refractivity contribution in [3.63, 3.8) is 0 Å². The number of esters is 2. The zero-order valence-electron chi connectivity index (χ0n) is 28.4. The van der Waals surface area contributed by atoms with Gasteiger partial charge >= 0.3 is 11.9 Å². The van der Waals surface area contributed by atoms with Gasteiger partial charge in [-0.15, -0.1) is 0 Å². The molecule has 0 aliphatic rings. The second-order valence-electron chi connectivity index (χ2n) is 13.3. The van der Waals surface area contributed by atoms with Gasteiger partial charge in [-0.05, 0) is 92.0 Å². The third-order valence-electron chi connectivity index (χ3n) is 8.27.